The van der Waals surface area contributed by atoms with Crippen molar-refractivity contribution in [2.45, 2.75) is 33.3 Å². The third kappa shape index (κ3) is 10.8. The lowest BCUT2D eigenvalue weighted by Gasteiger charge is -2.36. The molecule has 1 aliphatic heterocycles. The number of hydrogen-bond donors (Lipinski definition) is 1. The fourth-order valence-corrected chi connectivity index (χ4v) is 3.98. The Balaban J connectivity index is 0.00000676. The minimum absolute atomic E-state index is 0. The van der Waals surface area contributed by atoms with Gasteiger partial charge in [-0.2, -0.15) is 4.31 Å². The zero-order valence-corrected chi connectivity index (χ0v) is 20.6. The number of piperazine rings is 1. The van der Waals surface area contributed by atoms with Crippen molar-refractivity contribution in [3.8, 4) is 0 Å². The summed E-state index contributed by atoms with van der Waals surface area (Å²) in [6.07, 6.45) is 1.06. The molecule has 0 unspecified atom stereocenters. The highest BCUT2D eigenvalue weighted by molar-refractivity contribution is 14.0. The van der Waals surface area contributed by atoms with Crippen LogP contribution in [0.2, 0.25) is 0 Å². The number of rotatable bonds is 10. The summed E-state index contributed by atoms with van der Waals surface area (Å²) < 4.78 is 31.8. The van der Waals surface area contributed by atoms with Gasteiger partial charge in [-0.05, 0) is 47.8 Å². The van der Waals surface area contributed by atoms with Crippen LogP contribution in [0.25, 0.3) is 0 Å². The van der Waals surface area contributed by atoms with Gasteiger partial charge in [0.2, 0.25) is 10.0 Å². The summed E-state index contributed by atoms with van der Waals surface area (Å²) >= 11 is 0. The van der Waals surface area contributed by atoms with Crippen molar-refractivity contribution in [2.24, 2.45) is 4.99 Å². The van der Waals surface area contributed by atoms with Gasteiger partial charge in [-0.3, -0.25) is 4.99 Å². The molecule has 1 aliphatic rings. The summed E-state index contributed by atoms with van der Waals surface area (Å²) in [6.45, 7) is 11.0. The Labute approximate surface area is 182 Å². The van der Waals surface area contributed by atoms with Crippen LogP contribution in [0.5, 0.6) is 0 Å². The summed E-state index contributed by atoms with van der Waals surface area (Å²) in [5, 5.41) is 3.32. The first-order valence-electron chi connectivity index (χ1n) is 9.53. The number of nitrogens with one attached hydrogen (secondary N) is 1. The molecule has 0 bridgehead atoms. The summed E-state index contributed by atoms with van der Waals surface area (Å²) in [5.74, 6) is 0.926. The van der Waals surface area contributed by atoms with Gasteiger partial charge in [-0.1, -0.05) is 0 Å². The molecule has 0 amide bonds. The first kappa shape index (κ1) is 26.8. The predicted octanol–water partition coefficient (Wildman–Crippen LogP) is 0.894. The lowest BCUT2D eigenvalue weighted by molar-refractivity contribution is 0.0904. The van der Waals surface area contributed by atoms with E-state index >= 15 is 0 Å². The molecule has 1 N–H and O–H groups in total. The van der Waals surface area contributed by atoms with Crippen LogP contribution in [0.3, 0.4) is 0 Å². The van der Waals surface area contributed by atoms with E-state index in [-0.39, 0.29) is 42.4 Å². The topological polar surface area (TPSA) is 77.5 Å². The molecule has 0 aromatic rings. The van der Waals surface area contributed by atoms with Gasteiger partial charge in [0.15, 0.2) is 5.96 Å². The van der Waals surface area contributed by atoms with Gasteiger partial charge in [0, 0.05) is 39.3 Å². The minimum atomic E-state index is -3.25. The lowest BCUT2D eigenvalue weighted by atomic mass is 10.4. The highest BCUT2D eigenvalue weighted by Gasteiger charge is 2.27. The maximum atomic E-state index is 12.4. The van der Waals surface area contributed by atoms with Crippen molar-refractivity contribution in [1.82, 2.24) is 19.4 Å². The summed E-state index contributed by atoms with van der Waals surface area (Å²) in [5.41, 5.74) is 0. The van der Waals surface area contributed by atoms with E-state index in [0.717, 1.165) is 32.0 Å². The van der Waals surface area contributed by atoms with Gasteiger partial charge in [0.25, 0.3) is 0 Å². The summed E-state index contributed by atoms with van der Waals surface area (Å²) in [7, 11) is 0.858. The second-order valence-corrected chi connectivity index (χ2v) is 9.10. The van der Waals surface area contributed by atoms with Gasteiger partial charge in [0.1, 0.15) is 0 Å². The first-order chi connectivity index (χ1) is 12.3. The monoisotopic (exact) mass is 519 g/mol. The number of aliphatic imine (C=N–C) groups is 1. The molecular weight excluding hydrogens is 481 g/mol. The molecule has 1 fully saturated rings. The number of hydrogen-bond acceptors (Lipinski definition) is 5. The molecule has 10 heteroatoms. The van der Waals surface area contributed by atoms with Crippen LogP contribution in [-0.4, -0.2) is 107 Å². The van der Waals surface area contributed by atoms with Crippen molar-refractivity contribution >= 4 is 40.0 Å². The van der Waals surface area contributed by atoms with Crippen LogP contribution in [0.1, 0.15) is 27.2 Å². The van der Waals surface area contributed by atoms with Crippen molar-refractivity contribution in [3.05, 3.63) is 0 Å². The van der Waals surface area contributed by atoms with E-state index in [1.807, 2.05) is 20.8 Å². The second kappa shape index (κ2) is 13.9. The van der Waals surface area contributed by atoms with Crippen LogP contribution in [-0.2, 0) is 14.8 Å². The molecule has 8 nitrogen and oxygen atoms in total. The Hall–Kier alpha value is -0.170. The maximum Gasteiger partial charge on any atom is 0.216 e. The maximum absolute atomic E-state index is 12.4. The standard InChI is InChI=1S/C17H37N5O3S.HI/c1-6-18-17(19-8-7-9-20(4)5)21-10-12-22(13-11-21)26(23,24)15-14-25-16(2)3;/h16H,6-15H2,1-5H3,(H,18,19);1H. The van der Waals surface area contributed by atoms with Crippen LogP contribution in [0, 0.1) is 0 Å². The number of nitrogens with zero attached hydrogens (tertiary/aromatic N) is 4. The van der Waals surface area contributed by atoms with Crippen LogP contribution >= 0.6 is 24.0 Å². The van der Waals surface area contributed by atoms with E-state index < -0.39 is 10.0 Å². The molecule has 0 spiro atoms. The second-order valence-electron chi connectivity index (χ2n) is 7.01. The van der Waals surface area contributed by atoms with E-state index in [2.05, 4.69) is 34.2 Å². The normalized spacial score (nSPS) is 16.7. The zero-order valence-electron chi connectivity index (χ0n) is 17.5. The molecule has 1 heterocycles. The minimum Gasteiger partial charge on any atom is -0.378 e. The van der Waals surface area contributed by atoms with Gasteiger partial charge in [-0.25, -0.2) is 8.42 Å². The van der Waals surface area contributed by atoms with E-state index in [4.69, 9.17) is 4.74 Å². The van der Waals surface area contributed by atoms with E-state index in [9.17, 15) is 8.42 Å². The van der Waals surface area contributed by atoms with Crippen molar-refractivity contribution in [2.75, 3.05) is 72.3 Å². The van der Waals surface area contributed by atoms with Crippen LogP contribution < -0.4 is 5.32 Å². The lowest BCUT2D eigenvalue weighted by Crippen LogP contribution is -2.54. The Bertz CT molecular complexity index is 521. The van der Waals surface area contributed by atoms with Gasteiger partial charge in [0.05, 0.1) is 18.5 Å². The third-order valence-electron chi connectivity index (χ3n) is 4.08. The smallest absolute Gasteiger partial charge is 0.216 e. The zero-order chi connectivity index (χ0) is 19.6. The third-order valence-corrected chi connectivity index (χ3v) is 5.92. The predicted molar refractivity (Wildman–Crippen MR) is 123 cm³/mol. The highest BCUT2D eigenvalue weighted by Crippen LogP contribution is 2.09. The van der Waals surface area contributed by atoms with E-state index in [1.54, 1.807) is 4.31 Å². The average molecular weight is 519 g/mol. The Morgan fingerprint density at radius 2 is 1.85 bits per heavy atom. The molecule has 1 rings (SSSR count). The van der Waals surface area contributed by atoms with Crippen molar-refractivity contribution in [3.63, 3.8) is 0 Å². The molecule has 0 aromatic carbocycles. The Kier molecular flexibility index (Phi) is 13.8. The molecule has 162 valence electrons. The summed E-state index contributed by atoms with van der Waals surface area (Å²) in [4.78, 5) is 8.98. The first-order valence-corrected chi connectivity index (χ1v) is 11.1. The highest BCUT2D eigenvalue weighted by atomic mass is 127. The average Bonchev–Trinajstić information content (AvgIpc) is 2.57. The number of halogens is 1. The van der Waals surface area contributed by atoms with E-state index in [1.165, 1.54) is 0 Å². The molecular formula is C17H38IN5O3S. The molecule has 0 radical (unpaired) electrons. The fourth-order valence-electron chi connectivity index (χ4n) is 2.69. The Morgan fingerprint density at radius 3 is 2.37 bits per heavy atom. The molecule has 1 saturated heterocycles. The number of guanidine groups is 1. The number of sulfonamides is 1. The Morgan fingerprint density at radius 1 is 1.22 bits per heavy atom. The van der Waals surface area contributed by atoms with Crippen LogP contribution in [0.4, 0.5) is 0 Å². The quantitative estimate of drug-likeness (QED) is 0.200. The number of ether oxygens (including phenoxy) is 1. The molecule has 0 saturated carbocycles. The van der Waals surface area contributed by atoms with Crippen molar-refractivity contribution in [1.29, 1.82) is 0 Å². The molecule has 0 aromatic heterocycles. The van der Waals surface area contributed by atoms with Crippen LogP contribution in [0.15, 0.2) is 4.99 Å². The van der Waals surface area contributed by atoms with Crippen molar-refractivity contribution < 1.29 is 13.2 Å². The van der Waals surface area contributed by atoms with E-state index in [0.29, 0.717) is 26.2 Å². The SMILES string of the molecule is CCNC(=NCCCN(C)C)N1CCN(S(=O)(=O)CCOC(C)C)CC1.I. The molecule has 27 heavy (non-hydrogen) atoms. The van der Waals surface area contributed by atoms with Gasteiger partial charge >= 0.3 is 0 Å². The van der Waals surface area contributed by atoms with Gasteiger partial charge in [-0.15, -0.1) is 24.0 Å². The summed E-state index contributed by atoms with van der Waals surface area (Å²) in [6, 6.07) is 0. The largest absolute Gasteiger partial charge is 0.378 e. The fraction of sp³-hybridized carbons (Fsp3) is 0.941. The molecule has 0 aliphatic carbocycles. The van der Waals surface area contributed by atoms with Gasteiger partial charge < -0.3 is 19.9 Å². The molecule has 0 atom stereocenters.